The Hall–Kier alpha value is -5.85. The highest BCUT2D eigenvalue weighted by atomic mass is 16.6. The maximum absolute atomic E-state index is 15.2. The summed E-state index contributed by atoms with van der Waals surface area (Å²) in [7, 11) is 0. The number of nitrogens with zero attached hydrogens (tertiary/aromatic N) is 3. The monoisotopic (exact) mass is 844 g/mol. The summed E-state index contributed by atoms with van der Waals surface area (Å²) >= 11 is 0. The van der Waals surface area contributed by atoms with Crippen molar-refractivity contribution in [3.63, 3.8) is 0 Å². The number of nitrogens with one attached hydrogen (secondary N) is 1. The van der Waals surface area contributed by atoms with Crippen molar-refractivity contribution < 1.29 is 38.3 Å². The molecule has 12 heteroatoms. The van der Waals surface area contributed by atoms with Crippen LogP contribution in [-0.2, 0) is 54.8 Å². The lowest BCUT2D eigenvalue weighted by Crippen LogP contribution is -2.58. The fourth-order valence-corrected chi connectivity index (χ4v) is 8.35. The predicted molar refractivity (Wildman–Crippen MR) is 236 cm³/mol. The third kappa shape index (κ3) is 11.9. The molecule has 4 amide bonds. The zero-order valence-corrected chi connectivity index (χ0v) is 36.5. The van der Waals surface area contributed by atoms with E-state index in [1.807, 2.05) is 156 Å². The average molecular weight is 845 g/mol. The lowest BCUT2D eigenvalue weighted by atomic mass is 9.79. The lowest BCUT2D eigenvalue weighted by molar-refractivity contribution is -0.139. The number of hydroxylamine groups is 1. The van der Waals surface area contributed by atoms with Crippen LogP contribution < -0.4 is 5.48 Å². The van der Waals surface area contributed by atoms with Gasteiger partial charge in [-0.3, -0.25) is 14.4 Å². The summed E-state index contributed by atoms with van der Waals surface area (Å²) in [5.41, 5.74) is 5.67. The number of cyclic esters (lactones) is 2. The van der Waals surface area contributed by atoms with Crippen molar-refractivity contribution >= 4 is 29.7 Å². The molecular weight excluding hydrogens is 785 g/mol. The molecule has 0 radical (unpaired) electrons. The fourth-order valence-electron chi connectivity index (χ4n) is 8.35. The van der Waals surface area contributed by atoms with Crippen molar-refractivity contribution in [3.05, 3.63) is 144 Å². The minimum atomic E-state index is -1.34. The molecule has 12 nitrogen and oxygen atoms in total. The predicted octanol–water partition coefficient (Wildman–Crippen LogP) is 8.93. The molecule has 0 spiro atoms. The van der Waals surface area contributed by atoms with Gasteiger partial charge in [-0.15, -0.1) is 0 Å². The number of imide groups is 2. The van der Waals surface area contributed by atoms with Crippen LogP contribution in [0.25, 0.3) is 0 Å². The van der Waals surface area contributed by atoms with E-state index in [1.54, 1.807) is 0 Å². The first-order chi connectivity index (χ1) is 29.9. The summed E-state index contributed by atoms with van der Waals surface area (Å²) in [6, 6.07) is 37.4. The summed E-state index contributed by atoms with van der Waals surface area (Å²) in [4.78, 5) is 72.5. The molecule has 2 saturated heterocycles. The van der Waals surface area contributed by atoms with Gasteiger partial charge in [0, 0.05) is 18.9 Å². The number of hydrogen-bond donors (Lipinski definition) is 1. The van der Waals surface area contributed by atoms with E-state index < -0.39 is 53.5 Å². The van der Waals surface area contributed by atoms with Gasteiger partial charge in [0.2, 0.25) is 11.8 Å². The van der Waals surface area contributed by atoms with Crippen molar-refractivity contribution in [2.75, 3.05) is 13.2 Å². The standard InChI is InChI=1S/C50H60N4O8/c1-35(2)26-43(37(5)51-61-31-40-22-14-8-15-23-40)47(56)54-49(58)60-34-50(54,29-39-20-12-7-13-21-39)30-45(52-62-32-41-24-16-9-17-25-41)44(27-36(3)4)46(55)53-42(33-59-48(53)57)28-38-18-10-6-11-19-38/h6-25,35-37,42-44,51H,26-34H2,1-5H3/t37-,42+,43-,44+,50+/m1/s1. The highest BCUT2D eigenvalue weighted by Gasteiger charge is 2.55. The molecule has 1 N–H and O–H groups in total. The largest absolute Gasteiger partial charge is 0.447 e. The SMILES string of the molecule is CC(C)C[C@H](C(=O)N1C(=O)OC[C@@H]1Cc1ccccc1)C(C[C@@]1(Cc2ccccc2)COC(=O)N1C(=O)[C@H](CC(C)C)[C@@H](C)NOCc1ccccc1)=NOCc1ccccc1. The first-order valence-electron chi connectivity index (χ1n) is 21.7. The maximum Gasteiger partial charge on any atom is 0.417 e. The molecule has 0 aromatic heterocycles. The van der Waals surface area contributed by atoms with Gasteiger partial charge in [0.1, 0.15) is 19.8 Å². The van der Waals surface area contributed by atoms with E-state index in [2.05, 4.69) is 5.48 Å². The van der Waals surface area contributed by atoms with Crippen LogP contribution in [0, 0.1) is 23.7 Å². The molecule has 2 heterocycles. The molecule has 0 bridgehead atoms. The van der Waals surface area contributed by atoms with E-state index in [1.165, 1.54) is 9.80 Å². The van der Waals surface area contributed by atoms with Crippen LogP contribution in [0.5, 0.6) is 0 Å². The summed E-state index contributed by atoms with van der Waals surface area (Å²) in [5, 5.41) is 4.75. The normalized spacial score (nSPS) is 19.3. The number of amides is 4. The summed E-state index contributed by atoms with van der Waals surface area (Å²) < 4.78 is 11.4. The molecule has 328 valence electrons. The Balaban J connectivity index is 1.40. The fraction of sp³-hybridized carbons (Fsp3) is 0.420. The third-order valence-electron chi connectivity index (χ3n) is 11.4. The highest BCUT2D eigenvalue weighted by Crippen LogP contribution is 2.38. The second-order valence-corrected chi connectivity index (χ2v) is 17.4. The molecule has 2 aliphatic rings. The second-order valence-electron chi connectivity index (χ2n) is 17.4. The van der Waals surface area contributed by atoms with E-state index >= 15 is 9.59 Å². The van der Waals surface area contributed by atoms with Gasteiger partial charge in [-0.05, 0) is 60.3 Å². The molecule has 0 aliphatic carbocycles. The summed E-state index contributed by atoms with van der Waals surface area (Å²) in [5.74, 6) is -2.53. The van der Waals surface area contributed by atoms with Gasteiger partial charge in [-0.1, -0.05) is 154 Å². The van der Waals surface area contributed by atoms with Crippen molar-refractivity contribution in [1.82, 2.24) is 15.3 Å². The lowest BCUT2D eigenvalue weighted by Gasteiger charge is -2.39. The van der Waals surface area contributed by atoms with Gasteiger partial charge in [0.15, 0.2) is 0 Å². The Kier molecular flexibility index (Phi) is 16.1. The van der Waals surface area contributed by atoms with E-state index in [0.717, 1.165) is 22.3 Å². The van der Waals surface area contributed by atoms with Crippen molar-refractivity contribution in [3.8, 4) is 0 Å². The van der Waals surface area contributed by atoms with Gasteiger partial charge in [-0.25, -0.2) is 19.4 Å². The van der Waals surface area contributed by atoms with Gasteiger partial charge in [-0.2, -0.15) is 5.48 Å². The Morgan fingerprint density at radius 3 is 1.84 bits per heavy atom. The smallest absolute Gasteiger partial charge is 0.417 e. The second kappa shape index (κ2) is 21.8. The van der Waals surface area contributed by atoms with Crippen LogP contribution in [0.2, 0.25) is 0 Å². The van der Waals surface area contributed by atoms with Gasteiger partial charge < -0.3 is 14.3 Å². The van der Waals surface area contributed by atoms with Crippen LogP contribution in [0.1, 0.15) is 76.1 Å². The topological polar surface area (TPSA) is 136 Å². The Morgan fingerprint density at radius 2 is 1.26 bits per heavy atom. The maximum atomic E-state index is 15.2. The van der Waals surface area contributed by atoms with E-state index in [4.69, 9.17) is 24.3 Å². The van der Waals surface area contributed by atoms with E-state index in [9.17, 15) is 9.59 Å². The third-order valence-corrected chi connectivity index (χ3v) is 11.4. The number of hydrogen-bond acceptors (Lipinski definition) is 10. The number of ether oxygens (including phenoxy) is 2. The van der Waals surface area contributed by atoms with Crippen molar-refractivity contribution in [2.24, 2.45) is 28.8 Å². The number of carbonyl (C=O) groups is 4. The van der Waals surface area contributed by atoms with Gasteiger partial charge >= 0.3 is 12.2 Å². The van der Waals surface area contributed by atoms with Crippen LogP contribution in [0.4, 0.5) is 9.59 Å². The zero-order valence-electron chi connectivity index (χ0n) is 36.5. The van der Waals surface area contributed by atoms with E-state index in [-0.39, 0.29) is 51.1 Å². The molecule has 0 unspecified atom stereocenters. The summed E-state index contributed by atoms with van der Waals surface area (Å²) in [6.45, 7) is 10.2. The van der Waals surface area contributed by atoms with Crippen LogP contribution >= 0.6 is 0 Å². The minimum Gasteiger partial charge on any atom is -0.447 e. The van der Waals surface area contributed by atoms with Crippen molar-refractivity contribution in [1.29, 1.82) is 0 Å². The number of carbonyl (C=O) groups excluding carboxylic acids is 4. The van der Waals surface area contributed by atoms with Crippen LogP contribution in [0.3, 0.4) is 0 Å². The molecule has 2 fully saturated rings. The molecule has 5 atom stereocenters. The Bertz CT molecular complexity index is 2100. The molecule has 0 saturated carbocycles. The molecule has 4 aromatic carbocycles. The Labute approximate surface area is 365 Å². The minimum absolute atomic E-state index is 0.0306. The number of benzene rings is 4. The first-order valence-corrected chi connectivity index (χ1v) is 21.7. The highest BCUT2D eigenvalue weighted by molar-refractivity contribution is 6.09. The molecule has 2 aliphatic heterocycles. The van der Waals surface area contributed by atoms with Crippen LogP contribution in [0.15, 0.2) is 126 Å². The quantitative estimate of drug-likeness (QED) is 0.0644. The molecule has 6 rings (SSSR count). The molecule has 4 aromatic rings. The zero-order chi connectivity index (χ0) is 44.1. The van der Waals surface area contributed by atoms with Gasteiger partial charge in [0.05, 0.1) is 35.7 Å². The first kappa shape index (κ1) is 45.7. The van der Waals surface area contributed by atoms with Crippen LogP contribution in [-0.4, -0.2) is 70.3 Å². The Morgan fingerprint density at radius 1 is 0.710 bits per heavy atom. The molecular formula is C50H60N4O8. The number of rotatable bonds is 21. The van der Waals surface area contributed by atoms with Crippen molar-refractivity contribution in [2.45, 2.75) is 97.6 Å². The average Bonchev–Trinajstić information content (AvgIpc) is 3.79. The number of oxime groups is 1. The molecule has 62 heavy (non-hydrogen) atoms. The van der Waals surface area contributed by atoms with E-state index in [0.29, 0.717) is 25.0 Å². The van der Waals surface area contributed by atoms with Gasteiger partial charge in [0.25, 0.3) is 0 Å². The summed E-state index contributed by atoms with van der Waals surface area (Å²) in [6.07, 6.45) is -0.212.